The molecule has 7 nitrogen and oxygen atoms in total. The lowest BCUT2D eigenvalue weighted by Gasteiger charge is -2.32. The van der Waals surface area contributed by atoms with Crippen molar-refractivity contribution in [3.05, 3.63) is 0 Å². The van der Waals surface area contributed by atoms with Crippen LogP contribution in [0.4, 0.5) is 4.79 Å². The van der Waals surface area contributed by atoms with Crippen LogP contribution in [0.2, 0.25) is 0 Å². The Balaban J connectivity index is 2.41. The van der Waals surface area contributed by atoms with Crippen LogP contribution in [0.15, 0.2) is 5.16 Å². The monoisotopic (exact) mass is 299 g/mol. The topological polar surface area (TPSA) is 80.2 Å². The maximum atomic E-state index is 12.0. The normalized spacial score (nSPS) is 17.4. The Kier molecular flexibility index (Phi) is 5.99. The lowest BCUT2D eigenvalue weighted by atomic mass is 10.0. The van der Waals surface area contributed by atoms with Crippen molar-refractivity contribution in [2.75, 3.05) is 20.2 Å². The van der Waals surface area contributed by atoms with Gasteiger partial charge >= 0.3 is 6.09 Å². The molecule has 0 atom stereocenters. The maximum Gasteiger partial charge on any atom is 0.407 e. The highest BCUT2D eigenvalue weighted by atomic mass is 16.6. The smallest absolute Gasteiger partial charge is 0.407 e. The molecule has 7 heteroatoms. The van der Waals surface area contributed by atoms with E-state index in [2.05, 4.69) is 15.3 Å². The zero-order chi connectivity index (χ0) is 16.0. The summed E-state index contributed by atoms with van der Waals surface area (Å²) < 4.78 is 5.22. The molecule has 0 radical (unpaired) electrons. The molecule has 0 aromatic heterocycles. The first-order valence-corrected chi connectivity index (χ1v) is 7.09. The van der Waals surface area contributed by atoms with Gasteiger partial charge in [0.25, 0.3) is 5.91 Å². The Bertz CT molecular complexity index is 407. The number of oxime groups is 1. The van der Waals surface area contributed by atoms with E-state index < -0.39 is 11.7 Å². The summed E-state index contributed by atoms with van der Waals surface area (Å²) >= 11 is 0. The number of likely N-dealkylation sites (tertiary alicyclic amines) is 1. The fraction of sp³-hybridized carbons (Fsp3) is 0.786. The van der Waals surface area contributed by atoms with Gasteiger partial charge in [0, 0.05) is 19.1 Å². The minimum absolute atomic E-state index is 0.0311. The number of rotatable bonds is 3. The van der Waals surface area contributed by atoms with Gasteiger partial charge in [-0.05, 0) is 40.5 Å². The molecule has 1 N–H and O–H groups in total. The molecule has 0 aromatic rings. The van der Waals surface area contributed by atoms with Gasteiger partial charge < -0.3 is 19.8 Å². The number of piperidine rings is 1. The first kappa shape index (κ1) is 17.3. The first-order chi connectivity index (χ1) is 9.73. The molecule has 0 spiro atoms. The molecule has 1 rings (SSSR count). The number of hydrogen-bond acceptors (Lipinski definition) is 5. The Hall–Kier alpha value is -1.79. The molecular formula is C14H25N3O4. The molecule has 0 aliphatic carbocycles. The molecule has 1 saturated heterocycles. The first-order valence-electron chi connectivity index (χ1n) is 7.09. The number of carbonyl (C=O) groups excluding carboxylic acids is 2. The standard InChI is InChI=1S/C14H25N3O4/c1-10(16-20-5)12(18)17-8-6-11(7-9-17)15-13(19)21-14(2,3)4/h11H,6-9H2,1-5H3,(H,15,19)/b16-10+. The van der Waals surface area contributed by atoms with Crippen LogP contribution < -0.4 is 5.32 Å². The quantitative estimate of drug-likeness (QED) is 0.633. The number of hydrogen-bond donors (Lipinski definition) is 1. The summed E-state index contributed by atoms with van der Waals surface area (Å²) in [6, 6.07) is 0.0311. The van der Waals surface area contributed by atoms with Crippen molar-refractivity contribution in [1.29, 1.82) is 0 Å². The van der Waals surface area contributed by atoms with Gasteiger partial charge in [-0.3, -0.25) is 4.79 Å². The van der Waals surface area contributed by atoms with E-state index in [4.69, 9.17) is 4.74 Å². The van der Waals surface area contributed by atoms with E-state index in [0.717, 1.165) is 0 Å². The van der Waals surface area contributed by atoms with E-state index in [1.54, 1.807) is 11.8 Å². The van der Waals surface area contributed by atoms with E-state index >= 15 is 0 Å². The largest absolute Gasteiger partial charge is 0.444 e. The van der Waals surface area contributed by atoms with E-state index in [9.17, 15) is 9.59 Å². The SMILES string of the molecule is CO/N=C(\C)C(=O)N1CCC(NC(=O)OC(C)(C)C)CC1. The minimum Gasteiger partial charge on any atom is -0.444 e. The van der Waals surface area contributed by atoms with Crippen LogP contribution in [-0.2, 0) is 14.4 Å². The van der Waals surface area contributed by atoms with Crippen molar-refractivity contribution in [2.24, 2.45) is 5.16 Å². The zero-order valence-electron chi connectivity index (χ0n) is 13.4. The minimum atomic E-state index is -0.505. The third kappa shape index (κ3) is 6.01. The van der Waals surface area contributed by atoms with Crippen LogP contribution in [0.3, 0.4) is 0 Å². The summed E-state index contributed by atoms with van der Waals surface area (Å²) in [5, 5.41) is 6.48. The summed E-state index contributed by atoms with van der Waals surface area (Å²) in [5.41, 5.74) is -0.176. The highest BCUT2D eigenvalue weighted by Crippen LogP contribution is 2.13. The lowest BCUT2D eigenvalue weighted by Crippen LogP contribution is -2.48. The Morgan fingerprint density at radius 3 is 2.29 bits per heavy atom. The lowest BCUT2D eigenvalue weighted by molar-refractivity contribution is -0.125. The summed E-state index contributed by atoms with van der Waals surface area (Å²) in [6.45, 7) is 8.26. The van der Waals surface area contributed by atoms with Gasteiger partial charge in [0.05, 0.1) is 0 Å². The molecule has 1 heterocycles. The number of nitrogens with zero attached hydrogens (tertiary/aromatic N) is 2. The molecule has 1 aliphatic rings. The highest BCUT2D eigenvalue weighted by molar-refractivity contribution is 6.37. The molecule has 2 amide bonds. The molecule has 0 aromatic carbocycles. The third-order valence-corrected chi connectivity index (χ3v) is 3.04. The number of carbonyl (C=O) groups is 2. The molecule has 1 fully saturated rings. The molecule has 0 unspecified atom stereocenters. The molecule has 21 heavy (non-hydrogen) atoms. The second kappa shape index (κ2) is 7.28. The van der Waals surface area contributed by atoms with Crippen molar-refractivity contribution >= 4 is 17.7 Å². The van der Waals surface area contributed by atoms with Crippen LogP contribution >= 0.6 is 0 Å². The fourth-order valence-corrected chi connectivity index (χ4v) is 2.11. The van der Waals surface area contributed by atoms with Gasteiger partial charge in [-0.2, -0.15) is 0 Å². The van der Waals surface area contributed by atoms with Gasteiger partial charge in [-0.1, -0.05) is 5.16 Å². The molecule has 0 bridgehead atoms. The predicted octanol–water partition coefficient (Wildman–Crippen LogP) is 1.52. The van der Waals surface area contributed by atoms with Gasteiger partial charge in [-0.25, -0.2) is 4.79 Å². The summed E-state index contributed by atoms with van der Waals surface area (Å²) in [6.07, 6.45) is 0.987. The summed E-state index contributed by atoms with van der Waals surface area (Å²) in [7, 11) is 1.41. The molecule has 1 aliphatic heterocycles. The second-order valence-electron chi connectivity index (χ2n) is 6.07. The number of amides is 2. The Morgan fingerprint density at radius 1 is 1.24 bits per heavy atom. The van der Waals surface area contributed by atoms with Gasteiger partial charge in [0.1, 0.15) is 18.4 Å². The van der Waals surface area contributed by atoms with Crippen molar-refractivity contribution in [2.45, 2.75) is 52.2 Å². The number of alkyl carbamates (subject to hydrolysis) is 1. The third-order valence-electron chi connectivity index (χ3n) is 3.04. The van der Waals surface area contributed by atoms with Crippen LogP contribution in [0, 0.1) is 0 Å². The van der Waals surface area contributed by atoms with E-state index in [0.29, 0.717) is 31.6 Å². The van der Waals surface area contributed by atoms with Crippen molar-refractivity contribution < 1.29 is 19.2 Å². The fourth-order valence-electron chi connectivity index (χ4n) is 2.11. The molecule has 0 saturated carbocycles. The van der Waals surface area contributed by atoms with Gasteiger partial charge in [-0.15, -0.1) is 0 Å². The molecular weight excluding hydrogens is 274 g/mol. The van der Waals surface area contributed by atoms with Gasteiger partial charge in [0.2, 0.25) is 0 Å². The van der Waals surface area contributed by atoms with Crippen LogP contribution in [0.5, 0.6) is 0 Å². The van der Waals surface area contributed by atoms with E-state index in [1.165, 1.54) is 7.11 Å². The predicted molar refractivity (Wildman–Crippen MR) is 79.1 cm³/mol. The number of nitrogens with one attached hydrogen (secondary N) is 1. The van der Waals surface area contributed by atoms with Gasteiger partial charge in [0.15, 0.2) is 0 Å². The van der Waals surface area contributed by atoms with Crippen molar-refractivity contribution in [1.82, 2.24) is 10.2 Å². The summed E-state index contributed by atoms with van der Waals surface area (Å²) in [5.74, 6) is -0.132. The number of ether oxygens (including phenoxy) is 1. The highest BCUT2D eigenvalue weighted by Gasteiger charge is 2.26. The maximum absolute atomic E-state index is 12.0. The zero-order valence-corrected chi connectivity index (χ0v) is 13.4. The van der Waals surface area contributed by atoms with Crippen molar-refractivity contribution in [3.8, 4) is 0 Å². The Labute approximate surface area is 125 Å². The van der Waals surface area contributed by atoms with Crippen molar-refractivity contribution in [3.63, 3.8) is 0 Å². The Morgan fingerprint density at radius 2 is 1.81 bits per heavy atom. The average Bonchev–Trinajstić information content (AvgIpc) is 2.36. The summed E-state index contributed by atoms with van der Waals surface area (Å²) in [4.78, 5) is 30.0. The average molecular weight is 299 g/mol. The van der Waals surface area contributed by atoms with E-state index in [-0.39, 0.29) is 11.9 Å². The second-order valence-corrected chi connectivity index (χ2v) is 6.07. The van der Waals surface area contributed by atoms with Crippen LogP contribution in [0.1, 0.15) is 40.5 Å². The van der Waals surface area contributed by atoms with Crippen LogP contribution in [0.25, 0.3) is 0 Å². The van der Waals surface area contributed by atoms with E-state index in [1.807, 2.05) is 20.8 Å². The van der Waals surface area contributed by atoms with Crippen LogP contribution in [-0.4, -0.2) is 54.5 Å². The molecule has 120 valence electrons.